The lowest BCUT2D eigenvalue weighted by Gasteiger charge is -2.22. The van der Waals surface area contributed by atoms with Crippen molar-refractivity contribution in [1.82, 2.24) is 9.78 Å². The van der Waals surface area contributed by atoms with Crippen LogP contribution >= 0.6 is 0 Å². The van der Waals surface area contributed by atoms with Crippen LogP contribution in [0.1, 0.15) is 44.4 Å². The molecule has 128 valence electrons. The fourth-order valence-electron chi connectivity index (χ4n) is 3.12. The molecule has 1 aromatic carbocycles. The van der Waals surface area contributed by atoms with Crippen molar-refractivity contribution < 1.29 is 9.53 Å². The first-order chi connectivity index (χ1) is 11.3. The molecule has 24 heavy (non-hydrogen) atoms. The quantitative estimate of drug-likeness (QED) is 0.931. The lowest BCUT2D eigenvalue weighted by Crippen LogP contribution is -2.27. The molecule has 1 amide bonds. The van der Waals surface area contributed by atoms with Gasteiger partial charge in [0.25, 0.3) is 0 Å². The summed E-state index contributed by atoms with van der Waals surface area (Å²) in [6.45, 7) is 8.16. The van der Waals surface area contributed by atoms with Crippen LogP contribution in [0, 0.1) is 12.8 Å². The Bertz CT molecular complexity index is 758. The van der Waals surface area contributed by atoms with E-state index in [0.29, 0.717) is 0 Å². The number of anilines is 1. The summed E-state index contributed by atoms with van der Waals surface area (Å²) in [7, 11) is 1.67. The summed E-state index contributed by atoms with van der Waals surface area (Å²) in [5.74, 6) is 1.89. The summed E-state index contributed by atoms with van der Waals surface area (Å²) in [5, 5.41) is 7.56. The van der Waals surface area contributed by atoms with E-state index in [0.717, 1.165) is 29.2 Å². The third-order valence-electron chi connectivity index (χ3n) is 4.38. The Hall–Kier alpha value is -2.30. The van der Waals surface area contributed by atoms with Gasteiger partial charge >= 0.3 is 0 Å². The number of carbonyl (C=O) groups is 1. The van der Waals surface area contributed by atoms with Crippen molar-refractivity contribution in [2.24, 2.45) is 5.92 Å². The molecule has 2 atom stereocenters. The maximum atomic E-state index is 12.7. The zero-order chi connectivity index (χ0) is 17.5. The zero-order valence-corrected chi connectivity index (χ0v) is 15.0. The van der Waals surface area contributed by atoms with Crippen LogP contribution in [0.2, 0.25) is 0 Å². The molecule has 1 aromatic heterocycles. The molecule has 1 aliphatic carbocycles. The van der Waals surface area contributed by atoms with Gasteiger partial charge in [0, 0.05) is 12.0 Å². The van der Waals surface area contributed by atoms with Gasteiger partial charge in [-0.3, -0.25) is 4.79 Å². The molecular formula is C19H25N3O2. The van der Waals surface area contributed by atoms with Crippen LogP contribution in [0.4, 0.5) is 5.82 Å². The molecule has 2 aromatic rings. The fourth-order valence-corrected chi connectivity index (χ4v) is 3.12. The molecule has 5 nitrogen and oxygen atoms in total. The number of carbonyl (C=O) groups excluding carboxylic acids is 1. The van der Waals surface area contributed by atoms with Gasteiger partial charge in [-0.15, -0.1) is 0 Å². The minimum absolute atomic E-state index is 0.00933. The van der Waals surface area contributed by atoms with Gasteiger partial charge in [0.2, 0.25) is 5.91 Å². The molecule has 0 bridgehead atoms. The normalized spacial score (nSPS) is 19.9. The lowest BCUT2D eigenvalue weighted by atomic mass is 10.1. The topological polar surface area (TPSA) is 56.1 Å². The first kappa shape index (κ1) is 16.6. The molecule has 1 fully saturated rings. The van der Waals surface area contributed by atoms with E-state index in [2.05, 4.69) is 31.2 Å². The van der Waals surface area contributed by atoms with Crippen LogP contribution in [-0.4, -0.2) is 22.8 Å². The lowest BCUT2D eigenvalue weighted by molar-refractivity contribution is -0.117. The highest BCUT2D eigenvalue weighted by atomic mass is 16.5. The van der Waals surface area contributed by atoms with Crippen molar-refractivity contribution in [2.45, 2.75) is 45.6 Å². The molecular weight excluding hydrogens is 302 g/mol. The van der Waals surface area contributed by atoms with Crippen molar-refractivity contribution >= 4 is 11.7 Å². The zero-order valence-electron chi connectivity index (χ0n) is 15.0. The number of benzene rings is 1. The van der Waals surface area contributed by atoms with Crippen LogP contribution in [0.15, 0.2) is 30.3 Å². The number of aromatic nitrogens is 2. The van der Waals surface area contributed by atoms with E-state index in [1.54, 1.807) is 7.11 Å². The van der Waals surface area contributed by atoms with Crippen LogP contribution in [0.25, 0.3) is 0 Å². The number of methoxy groups -OCH3 is 1. The Kier molecular flexibility index (Phi) is 4.11. The van der Waals surface area contributed by atoms with Gasteiger partial charge in [-0.05, 0) is 51.7 Å². The maximum absolute atomic E-state index is 12.7. The molecule has 3 rings (SSSR count). The highest BCUT2D eigenvalue weighted by Crippen LogP contribution is 2.50. The number of nitrogens with zero attached hydrogens (tertiary/aromatic N) is 2. The Morgan fingerprint density at radius 2 is 2.04 bits per heavy atom. The van der Waals surface area contributed by atoms with Crippen LogP contribution in [-0.2, 0) is 10.3 Å². The number of ether oxygens (including phenoxy) is 1. The number of para-hydroxylation sites is 1. The predicted octanol–water partition coefficient (Wildman–Crippen LogP) is 3.70. The van der Waals surface area contributed by atoms with Crippen molar-refractivity contribution in [2.75, 3.05) is 12.4 Å². The maximum Gasteiger partial charge on any atom is 0.229 e. The van der Waals surface area contributed by atoms with Gasteiger partial charge in [0.1, 0.15) is 11.6 Å². The molecule has 0 unspecified atom stereocenters. The first-order valence-corrected chi connectivity index (χ1v) is 8.32. The highest BCUT2D eigenvalue weighted by molar-refractivity contribution is 5.94. The fraction of sp³-hybridized carbons (Fsp3) is 0.474. The molecule has 1 heterocycles. The molecule has 1 aliphatic rings. The van der Waals surface area contributed by atoms with Crippen molar-refractivity contribution in [1.29, 1.82) is 0 Å². The average Bonchev–Trinajstić information content (AvgIpc) is 3.23. The van der Waals surface area contributed by atoms with E-state index < -0.39 is 0 Å². The predicted molar refractivity (Wildman–Crippen MR) is 94.4 cm³/mol. The monoisotopic (exact) mass is 327 g/mol. The Labute approximate surface area is 143 Å². The van der Waals surface area contributed by atoms with E-state index in [1.807, 2.05) is 41.9 Å². The van der Waals surface area contributed by atoms with Gasteiger partial charge in [-0.2, -0.15) is 5.10 Å². The van der Waals surface area contributed by atoms with Crippen LogP contribution < -0.4 is 10.1 Å². The van der Waals surface area contributed by atoms with E-state index in [9.17, 15) is 4.79 Å². The number of hydrogen-bond donors (Lipinski definition) is 1. The summed E-state index contributed by atoms with van der Waals surface area (Å²) >= 11 is 0. The molecule has 0 saturated heterocycles. The number of hydrogen-bond acceptors (Lipinski definition) is 3. The second kappa shape index (κ2) is 5.96. The van der Waals surface area contributed by atoms with E-state index in [1.165, 1.54) is 0 Å². The van der Waals surface area contributed by atoms with Crippen LogP contribution in [0.5, 0.6) is 5.75 Å². The second-order valence-corrected chi connectivity index (χ2v) is 7.43. The number of aryl methyl sites for hydroxylation is 1. The van der Waals surface area contributed by atoms with Crippen molar-refractivity contribution in [3.63, 3.8) is 0 Å². The molecule has 1 N–H and O–H groups in total. The summed E-state index contributed by atoms with van der Waals surface area (Å²) in [6, 6.07) is 9.85. The number of amides is 1. The Morgan fingerprint density at radius 1 is 1.33 bits per heavy atom. The SMILES string of the molecule is COc1ccccc1[C@@H]1C[C@H]1C(=O)Nc1cc(C)nn1C(C)(C)C. The largest absolute Gasteiger partial charge is 0.496 e. The molecule has 5 heteroatoms. The summed E-state index contributed by atoms with van der Waals surface area (Å²) in [4.78, 5) is 12.7. The van der Waals surface area contributed by atoms with E-state index >= 15 is 0 Å². The molecule has 1 saturated carbocycles. The minimum Gasteiger partial charge on any atom is -0.496 e. The third kappa shape index (κ3) is 3.16. The highest BCUT2D eigenvalue weighted by Gasteiger charge is 2.45. The van der Waals surface area contributed by atoms with Gasteiger partial charge < -0.3 is 10.1 Å². The van der Waals surface area contributed by atoms with E-state index in [4.69, 9.17) is 4.74 Å². The Balaban J connectivity index is 1.74. The van der Waals surface area contributed by atoms with Crippen LogP contribution in [0.3, 0.4) is 0 Å². The summed E-state index contributed by atoms with van der Waals surface area (Å²) in [6.07, 6.45) is 0.856. The summed E-state index contributed by atoms with van der Waals surface area (Å²) in [5.41, 5.74) is 1.83. The molecule has 0 aliphatic heterocycles. The standard InChI is InChI=1S/C19H25N3O2/c1-12-10-17(22(21-12)19(2,3)4)20-18(23)15-11-14(15)13-8-6-7-9-16(13)24-5/h6-10,14-15H,11H2,1-5H3,(H,20,23)/t14-,15+/m0/s1. The number of rotatable bonds is 4. The van der Waals surface area contributed by atoms with Gasteiger partial charge in [-0.1, -0.05) is 18.2 Å². The second-order valence-electron chi connectivity index (χ2n) is 7.43. The molecule has 0 spiro atoms. The smallest absolute Gasteiger partial charge is 0.229 e. The van der Waals surface area contributed by atoms with Gasteiger partial charge in [0.15, 0.2) is 0 Å². The van der Waals surface area contributed by atoms with Crippen molar-refractivity contribution in [3.8, 4) is 5.75 Å². The average molecular weight is 327 g/mol. The minimum atomic E-state index is -0.178. The first-order valence-electron chi connectivity index (χ1n) is 8.32. The van der Waals surface area contributed by atoms with Gasteiger partial charge in [0.05, 0.1) is 18.3 Å². The van der Waals surface area contributed by atoms with Gasteiger partial charge in [-0.25, -0.2) is 4.68 Å². The third-order valence-corrected chi connectivity index (χ3v) is 4.38. The van der Waals surface area contributed by atoms with Crippen molar-refractivity contribution in [3.05, 3.63) is 41.6 Å². The summed E-state index contributed by atoms with van der Waals surface area (Å²) < 4.78 is 7.29. The van der Waals surface area contributed by atoms with E-state index in [-0.39, 0.29) is 23.3 Å². The number of nitrogens with one attached hydrogen (secondary N) is 1. The molecule has 0 radical (unpaired) electrons. The Morgan fingerprint density at radius 3 is 2.71 bits per heavy atom.